The summed E-state index contributed by atoms with van der Waals surface area (Å²) in [6.45, 7) is 40.9. The van der Waals surface area contributed by atoms with Gasteiger partial charge in [0.25, 0.3) is 5.92 Å². The molecule has 6 nitrogen and oxygen atoms in total. The van der Waals surface area contributed by atoms with Crippen LogP contribution in [-0.2, 0) is 4.74 Å². The molecule has 0 aromatic heterocycles. The van der Waals surface area contributed by atoms with E-state index >= 15 is 0 Å². The third-order valence-corrected chi connectivity index (χ3v) is 11.2. The van der Waals surface area contributed by atoms with E-state index in [1.165, 1.54) is 117 Å². The SMILES string of the molecule is CC.CC.CC(C)CN1CCC(F)(F)C1.CCC(C)F.CCCN1CC2CCC1C2.CCCN1CCC2(CC2)C1.COCCN1CCN(CC(C)C)CC1. The highest BCUT2D eigenvalue weighted by atomic mass is 19.3. The van der Waals surface area contributed by atoms with Gasteiger partial charge in [0.1, 0.15) is 0 Å². The Hall–Kier alpha value is -0.450. The first-order valence-corrected chi connectivity index (χ1v) is 22.9. The Balaban J connectivity index is 0.000000650. The fourth-order valence-corrected chi connectivity index (χ4v) is 8.12. The first-order chi connectivity index (χ1) is 25.7. The van der Waals surface area contributed by atoms with E-state index in [0.717, 1.165) is 43.0 Å². The van der Waals surface area contributed by atoms with Crippen molar-refractivity contribution in [2.75, 3.05) is 105 Å². The lowest BCUT2D eigenvalue weighted by Gasteiger charge is -2.35. The van der Waals surface area contributed by atoms with Crippen LogP contribution >= 0.6 is 0 Å². The number of methoxy groups -OCH3 is 1. The van der Waals surface area contributed by atoms with E-state index in [2.05, 4.69) is 61.1 Å². The summed E-state index contributed by atoms with van der Waals surface area (Å²) < 4.78 is 41.7. The molecule has 3 atom stereocenters. The quantitative estimate of drug-likeness (QED) is 0.196. The minimum Gasteiger partial charge on any atom is -0.383 e. The van der Waals surface area contributed by atoms with Crippen molar-refractivity contribution < 1.29 is 17.9 Å². The van der Waals surface area contributed by atoms with Crippen LogP contribution in [0, 0.1) is 23.2 Å². The van der Waals surface area contributed by atoms with Gasteiger partial charge in [0.15, 0.2) is 0 Å². The van der Waals surface area contributed by atoms with E-state index in [1.54, 1.807) is 14.0 Å². The minimum absolute atomic E-state index is 0.0365. The monoisotopic (exact) mass is 778 g/mol. The van der Waals surface area contributed by atoms with Crippen molar-refractivity contribution >= 4 is 0 Å². The van der Waals surface area contributed by atoms with Crippen molar-refractivity contribution in [2.24, 2.45) is 23.2 Å². The van der Waals surface area contributed by atoms with Crippen LogP contribution < -0.4 is 0 Å². The molecule has 6 rings (SSSR count). The number of likely N-dealkylation sites (tertiary alicyclic amines) is 3. The molecule has 326 valence electrons. The molecule has 6 fully saturated rings. The molecule has 6 aliphatic rings. The van der Waals surface area contributed by atoms with E-state index in [4.69, 9.17) is 4.74 Å². The number of alkyl halides is 3. The Labute approximate surface area is 335 Å². The molecule has 4 saturated heterocycles. The zero-order valence-corrected chi connectivity index (χ0v) is 38.3. The summed E-state index contributed by atoms with van der Waals surface area (Å²) in [7, 11) is 1.77. The molecule has 0 N–H and O–H groups in total. The Kier molecular flexibility index (Phi) is 30.3. The average molecular weight is 778 g/mol. The third-order valence-electron chi connectivity index (χ3n) is 11.2. The molecule has 2 saturated carbocycles. The number of piperidine rings is 1. The summed E-state index contributed by atoms with van der Waals surface area (Å²) in [6, 6.07) is 0.991. The van der Waals surface area contributed by atoms with Gasteiger partial charge in [0.05, 0.1) is 19.3 Å². The van der Waals surface area contributed by atoms with Crippen LogP contribution in [0.15, 0.2) is 0 Å². The fourth-order valence-electron chi connectivity index (χ4n) is 8.12. The molecule has 0 aromatic rings. The Morgan fingerprint density at radius 3 is 1.57 bits per heavy atom. The summed E-state index contributed by atoms with van der Waals surface area (Å²) in [5.74, 6) is -0.0597. The highest BCUT2D eigenvalue weighted by Gasteiger charge is 2.47. The van der Waals surface area contributed by atoms with Gasteiger partial charge < -0.3 is 19.4 Å². The molecule has 3 unspecified atom stereocenters. The van der Waals surface area contributed by atoms with E-state index in [-0.39, 0.29) is 13.0 Å². The molecule has 9 heteroatoms. The number of halogens is 3. The molecular weight excluding hydrogens is 684 g/mol. The number of fused-ring (bicyclic) bond motifs is 2. The maximum absolute atomic E-state index is 12.6. The van der Waals surface area contributed by atoms with Crippen LogP contribution in [0.1, 0.15) is 147 Å². The van der Waals surface area contributed by atoms with Gasteiger partial charge in [-0.3, -0.25) is 9.80 Å². The normalized spacial score (nSPS) is 24.8. The number of hydrogen-bond donors (Lipinski definition) is 0. The second-order valence-corrected chi connectivity index (χ2v) is 17.3. The predicted molar refractivity (Wildman–Crippen MR) is 230 cm³/mol. The van der Waals surface area contributed by atoms with E-state index in [0.29, 0.717) is 18.9 Å². The van der Waals surface area contributed by atoms with Gasteiger partial charge in [-0.15, -0.1) is 0 Å². The molecule has 4 aliphatic heterocycles. The van der Waals surface area contributed by atoms with Crippen molar-refractivity contribution in [2.45, 2.75) is 165 Å². The van der Waals surface area contributed by atoms with Gasteiger partial charge in [-0.25, -0.2) is 13.2 Å². The predicted octanol–water partition coefficient (Wildman–Crippen LogP) is 10.5. The van der Waals surface area contributed by atoms with Crippen molar-refractivity contribution in [3.63, 3.8) is 0 Å². The Bertz CT molecular complexity index is 851. The van der Waals surface area contributed by atoms with Crippen LogP contribution in [0.25, 0.3) is 0 Å². The zero-order valence-electron chi connectivity index (χ0n) is 38.3. The second kappa shape index (κ2) is 30.6. The molecule has 0 aromatic carbocycles. The number of hydrogen-bond acceptors (Lipinski definition) is 6. The first-order valence-electron chi connectivity index (χ1n) is 22.9. The molecule has 4 heterocycles. The average Bonchev–Trinajstić information content (AvgIpc) is 3.48. The topological polar surface area (TPSA) is 25.4 Å². The molecule has 0 amide bonds. The number of ether oxygens (including phenoxy) is 1. The van der Waals surface area contributed by atoms with Gasteiger partial charge in [-0.05, 0) is 108 Å². The molecule has 0 radical (unpaired) electrons. The molecular formula is C45H94F3N5O. The van der Waals surface area contributed by atoms with Crippen molar-refractivity contribution in [1.82, 2.24) is 24.5 Å². The summed E-state index contributed by atoms with van der Waals surface area (Å²) in [5.41, 5.74) is 0.842. The summed E-state index contributed by atoms with van der Waals surface area (Å²) in [4.78, 5) is 12.2. The Morgan fingerprint density at radius 1 is 0.648 bits per heavy atom. The minimum atomic E-state index is -2.42. The summed E-state index contributed by atoms with van der Waals surface area (Å²) in [6.07, 6.45) is 11.8. The van der Waals surface area contributed by atoms with Crippen molar-refractivity contribution in [1.29, 1.82) is 0 Å². The molecule has 2 bridgehead atoms. The van der Waals surface area contributed by atoms with Gasteiger partial charge in [0, 0.05) is 85.0 Å². The lowest BCUT2D eigenvalue weighted by atomic mass is 10.1. The van der Waals surface area contributed by atoms with Gasteiger partial charge in [-0.1, -0.05) is 76.2 Å². The van der Waals surface area contributed by atoms with Crippen molar-refractivity contribution in [3.05, 3.63) is 0 Å². The van der Waals surface area contributed by atoms with Crippen LogP contribution in [0.5, 0.6) is 0 Å². The van der Waals surface area contributed by atoms with Gasteiger partial charge in [-0.2, -0.15) is 0 Å². The van der Waals surface area contributed by atoms with Crippen LogP contribution in [0.4, 0.5) is 13.2 Å². The molecule has 54 heavy (non-hydrogen) atoms. The number of rotatable bonds is 12. The fraction of sp³-hybridized carbons (Fsp3) is 1.00. The smallest absolute Gasteiger partial charge is 0.261 e. The van der Waals surface area contributed by atoms with E-state index in [1.807, 2.05) is 39.5 Å². The maximum Gasteiger partial charge on any atom is 0.261 e. The van der Waals surface area contributed by atoms with Crippen LogP contribution in [0.3, 0.4) is 0 Å². The maximum atomic E-state index is 12.6. The summed E-state index contributed by atoms with van der Waals surface area (Å²) >= 11 is 0. The van der Waals surface area contributed by atoms with Crippen molar-refractivity contribution in [3.8, 4) is 0 Å². The summed E-state index contributed by atoms with van der Waals surface area (Å²) in [5, 5.41) is 0. The third kappa shape index (κ3) is 24.4. The largest absolute Gasteiger partial charge is 0.383 e. The van der Waals surface area contributed by atoms with Crippen LogP contribution in [-0.4, -0.2) is 148 Å². The van der Waals surface area contributed by atoms with Gasteiger partial charge >= 0.3 is 0 Å². The lowest BCUT2D eigenvalue weighted by molar-refractivity contribution is 0.0113. The molecule has 1 spiro atoms. The number of piperazine rings is 1. The Morgan fingerprint density at radius 2 is 1.19 bits per heavy atom. The van der Waals surface area contributed by atoms with E-state index < -0.39 is 12.1 Å². The second-order valence-electron chi connectivity index (χ2n) is 17.3. The molecule has 2 aliphatic carbocycles. The highest BCUT2D eigenvalue weighted by molar-refractivity contribution is 5.00. The number of nitrogens with zero attached hydrogens (tertiary/aromatic N) is 5. The van der Waals surface area contributed by atoms with Gasteiger partial charge in [0.2, 0.25) is 0 Å². The first kappa shape index (κ1) is 53.6. The lowest BCUT2D eigenvalue weighted by Crippen LogP contribution is -2.48. The van der Waals surface area contributed by atoms with E-state index in [9.17, 15) is 13.2 Å². The highest BCUT2D eigenvalue weighted by Crippen LogP contribution is 2.52. The van der Waals surface area contributed by atoms with Crippen LogP contribution in [0.2, 0.25) is 0 Å². The zero-order chi connectivity index (χ0) is 41.2. The standard InChI is InChI=1S/C11H24N2O.2C9H17N.C8H15F2N.C4H9F.2C2H6/c1-11(2)10-13-6-4-12(5-7-13)8-9-14-3;1-2-6-10-7-5-9(8-10)3-4-9;1-2-5-10-7-8-3-4-9(10)6-8;1-7(2)5-11-4-3-8(9,10)6-11;1-3-4(2)5;2*1-2/h11H,4-10H2,1-3H3;2-8H2,1H3;8-9H,2-7H2,1H3;7H,3-6H2,1-2H3;4H,3H2,1-2H3;2*1-2H3.